The largest absolute Gasteiger partial charge is 0.289 e. The minimum atomic E-state index is -0.595. The molecule has 0 spiro atoms. The second-order valence-corrected chi connectivity index (χ2v) is 1.75. The lowest BCUT2D eigenvalue weighted by molar-refractivity contribution is -0.103. The smallest absolute Gasteiger partial charge is 0.214 e. The Kier molecular flexibility index (Phi) is 2.34. The van der Waals surface area contributed by atoms with Crippen LogP contribution in [0.2, 0.25) is 0 Å². The summed E-state index contributed by atoms with van der Waals surface area (Å²) in [5, 5.41) is 0. The van der Waals surface area contributed by atoms with E-state index in [0.717, 1.165) is 6.07 Å². The van der Waals surface area contributed by atoms with Crippen molar-refractivity contribution in [1.82, 2.24) is 4.98 Å². The SMILES string of the molecule is O=CC#Cc1ccnc(F)c1. The summed E-state index contributed by atoms with van der Waals surface area (Å²) in [7, 11) is 0. The molecular formula is C8H4FNO. The highest BCUT2D eigenvalue weighted by molar-refractivity contribution is 5.73. The average molecular weight is 149 g/mol. The van der Waals surface area contributed by atoms with E-state index >= 15 is 0 Å². The summed E-state index contributed by atoms with van der Waals surface area (Å²) in [5.41, 5.74) is 0.449. The molecule has 11 heavy (non-hydrogen) atoms. The van der Waals surface area contributed by atoms with Gasteiger partial charge in [0.1, 0.15) is 0 Å². The molecule has 0 unspecified atom stereocenters. The van der Waals surface area contributed by atoms with Gasteiger partial charge in [0.05, 0.1) is 0 Å². The summed E-state index contributed by atoms with van der Waals surface area (Å²) in [6.07, 6.45) is 1.75. The van der Waals surface area contributed by atoms with Gasteiger partial charge in [-0.1, -0.05) is 5.92 Å². The number of hydrogen-bond donors (Lipinski definition) is 0. The maximum Gasteiger partial charge on any atom is 0.214 e. The van der Waals surface area contributed by atoms with Crippen molar-refractivity contribution in [2.45, 2.75) is 0 Å². The first kappa shape index (κ1) is 7.42. The fraction of sp³-hybridized carbons (Fsp3) is 0. The van der Waals surface area contributed by atoms with E-state index in [-0.39, 0.29) is 0 Å². The van der Waals surface area contributed by atoms with Gasteiger partial charge in [-0.05, 0) is 12.0 Å². The molecule has 0 saturated carbocycles. The number of carbonyl (C=O) groups excluding carboxylic acids is 1. The molecule has 0 saturated heterocycles. The van der Waals surface area contributed by atoms with E-state index in [1.165, 1.54) is 12.3 Å². The van der Waals surface area contributed by atoms with Crippen LogP contribution >= 0.6 is 0 Å². The maximum atomic E-state index is 12.3. The van der Waals surface area contributed by atoms with E-state index in [1.807, 2.05) is 0 Å². The second-order valence-electron chi connectivity index (χ2n) is 1.75. The van der Waals surface area contributed by atoms with Gasteiger partial charge in [-0.15, -0.1) is 0 Å². The lowest BCUT2D eigenvalue weighted by atomic mass is 10.3. The molecule has 0 aromatic carbocycles. The van der Waals surface area contributed by atoms with Crippen molar-refractivity contribution in [1.29, 1.82) is 0 Å². The van der Waals surface area contributed by atoms with Crippen molar-refractivity contribution in [3.63, 3.8) is 0 Å². The Balaban J connectivity index is 2.96. The van der Waals surface area contributed by atoms with Crippen LogP contribution in [0.3, 0.4) is 0 Å². The number of carbonyl (C=O) groups is 1. The van der Waals surface area contributed by atoms with E-state index in [4.69, 9.17) is 0 Å². The zero-order valence-electron chi connectivity index (χ0n) is 5.54. The van der Waals surface area contributed by atoms with Gasteiger partial charge in [0, 0.05) is 17.8 Å². The number of aldehydes is 1. The molecule has 0 bridgehead atoms. The number of nitrogens with zero attached hydrogens (tertiary/aromatic N) is 1. The molecule has 3 heteroatoms. The quantitative estimate of drug-likeness (QED) is 0.310. The molecule has 2 nitrogen and oxygen atoms in total. The molecule has 0 atom stereocenters. The number of halogens is 1. The molecule has 0 aliphatic heterocycles. The molecule has 1 aromatic heterocycles. The van der Waals surface area contributed by atoms with Gasteiger partial charge in [-0.25, -0.2) is 4.98 Å². The van der Waals surface area contributed by atoms with E-state index in [0.29, 0.717) is 11.8 Å². The van der Waals surface area contributed by atoms with Crippen LogP contribution in [0.4, 0.5) is 4.39 Å². The molecule has 1 aromatic rings. The Morgan fingerprint density at radius 2 is 2.45 bits per heavy atom. The Morgan fingerprint density at radius 3 is 3.09 bits per heavy atom. The lowest BCUT2D eigenvalue weighted by Gasteiger charge is -1.86. The summed E-state index contributed by atoms with van der Waals surface area (Å²) in [4.78, 5) is 13.1. The summed E-state index contributed by atoms with van der Waals surface area (Å²) in [5.74, 6) is 4.01. The Hall–Kier alpha value is -1.69. The van der Waals surface area contributed by atoms with Gasteiger partial charge in [-0.2, -0.15) is 4.39 Å². The minimum absolute atomic E-state index is 0.449. The van der Waals surface area contributed by atoms with Crippen molar-refractivity contribution in [3.05, 3.63) is 29.8 Å². The summed E-state index contributed by atoms with van der Waals surface area (Å²) < 4.78 is 12.3. The van der Waals surface area contributed by atoms with Crippen LogP contribution in [-0.4, -0.2) is 11.3 Å². The Morgan fingerprint density at radius 1 is 1.64 bits per heavy atom. The van der Waals surface area contributed by atoms with Gasteiger partial charge in [0.15, 0.2) is 6.29 Å². The summed E-state index contributed by atoms with van der Waals surface area (Å²) in [6, 6.07) is 2.69. The highest BCUT2D eigenvalue weighted by atomic mass is 19.1. The van der Waals surface area contributed by atoms with E-state index < -0.39 is 5.95 Å². The van der Waals surface area contributed by atoms with Crippen molar-refractivity contribution in [3.8, 4) is 11.8 Å². The van der Waals surface area contributed by atoms with E-state index in [9.17, 15) is 9.18 Å². The Labute approximate surface area is 63.1 Å². The minimum Gasteiger partial charge on any atom is -0.289 e. The number of aromatic nitrogens is 1. The average Bonchev–Trinajstić information content (AvgIpc) is 2.01. The second kappa shape index (κ2) is 3.47. The fourth-order valence-electron chi connectivity index (χ4n) is 0.593. The van der Waals surface area contributed by atoms with Gasteiger partial charge in [-0.3, -0.25) is 4.79 Å². The molecule has 0 fully saturated rings. The predicted octanol–water partition coefficient (Wildman–Crippen LogP) is 0.771. The third-order valence-electron chi connectivity index (χ3n) is 1.00. The molecule has 0 radical (unpaired) electrons. The van der Waals surface area contributed by atoms with Crippen LogP contribution in [0.25, 0.3) is 0 Å². The lowest BCUT2D eigenvalue weighted by Crippen LogP contribution is -1.82. The third kappa shape index (κ3) is 2.18. The molecule has 54 valence electrons. The Bertz CT molecular complexity index is 324. The van der Waals surface area contributed by atoms with Crippen LogP contribution < -0.4 is 0 Å². The fourth-order valence-corrected chi connectivity index (χ4v) is 0.593. The first-order valence-corrected chi connectivity index (χ1v) is 2.89. The summed E-state index contributed by atoms with van der Waals surface area (Å²) in [6.45, 7) is 0. The normalized spacial score (nSPS) is 8.09. The number of hydrogen-bond acceptors (Lipinski definition) is 2. The zero-order valence-corrected chi connectivity index (χ0v) is 5.54. The van der Waals surface area contributed by atoms with Crippen LogP contribution in [0.5, 0.6) is 0 Å². The first-order chi connectivity index (χ1) is 5.33. The molecule has 0 aliphatic carbocycles. The standard InChI is InChI=1S/C8H4FNO/c9-8-6-7(2-1-5-11)3-4-10-8/h3-6H. The molecular weight excluding hydrogens is 145 g/mol. The molecule has 1 heterocycles. The van der Waals surface area contributed by atoms with Crippen molar-refractivity contribution in [2.75, 3.05) is 0 Å². The van der Waals surface area contributed by atoms with Crippen LogP contribution in [-0.2, 0) is 4.79 Å². The monoisotopic (exact) mass is 149 g/mol. The van der Waals surface area contributed by atoms with Crippen LogP contribution in [0.15, 0.2) is 18.3 Å². The van der Waals surface area contributed by atoms with E-state index in [2.05, 4.69) is 16.8 Å². The topological polar surface area (TPSA) is 30.0 Å². The van der Waals surface area contributed by atoms with Crippen LogP contribution in [0, 0.1) is 17.8 Å². The number of pyridine rings is 1. The van der Waals surface area contributed by atoms with Gasteiger partial charge >= 0.3 is 0 Å². The van der Waals surface area contributed by atoms with Crippen molar-refractivity contribution in [2.24, 2.45) is 0 Å². The van der Waals surface area contributed by atoms with Crippen molar-refractivity contribution < 1.29 is 9.18 Å². The van der Waals surface area contributed by atoms with Crippen molar-refractivity contribution >= 4 is 6.29 Å². The first-order valence-electron chi connectivity index (χ1n) is 2.89. The van der Waals surface area contributed by atoms with E-state index in [1.54, 1.807) is 0 Å². The molecule has 0 amide bonds. The van der Waals surface area contributed by atoms with Gasteiger partial charge in [0.25, 0.3) is 0 Å². The molecule has 1 rings (SSSR count). The third-order valence-corrected chi connectivity index (χ3v) is 1.00. The van der Waals surface area contributed by atoms with Gasteiger partial charge < -0.3 is 0 Å². The zero-order chi connectivity index (χ0) is 8.10. The highest BCUT2D eigenvalue weighted by Gasteiger charge is 1.89. The van der Waals surface area contributed by atoms with Crippen LogP contribution in [0.1, 0.15) is 5.56 Å². The summed E-state index contributed by atoms with van der Waals surface area (Å²) >= 11 is 0. The molecule has 0 aliphatic rings. The molecule has 0 N–H and O–H groups in total. The van der Waals surface area contributed by atoms with Gasteiger partial charge in [0.2, 0.25) is 5.95 Å². The predicted molar refractivity (Wildman–Crippen MR) is 37.1 cm³/mol. The number of rotatable bonds is 0. The maximum absolute atomic E-state index is 12.3. The highest BCUT2D eigenvalue weighted by Crippen LogP contribution is 1.96.